The fourth-order valence-corrected chi connectivity index (χ4v) is 2.49. The minimum absolute atomic E-state index is 0.730. The monoisotopic (exact) mass is 166 g/mol. The van der Waals surface area contributed by atoms with E-state index >= 15 is 0 Å². The van der Waals surface area contributed by atoms with E-state index in [4.69, 9.17) is 5.41 Å². The molecule has 2 fully saturated rings. The molecule has 2 nitrogen and oxygen atoms in total. The van der Waals surface area contributed by atoms with E-state index in [1.54, 1.807) is 0 Å². The third-order valence-electron chi connectivity index (χ3n) is 3.17. The van der Waals surface area contributed by atoms with E-state index in [-0.39, 0.29) is 0 Å². The van der Waals surface area contributed by atoms with Crippen LogP contribution in [0.15, 0.2) is 0 Å². The maximum absolute atomic E-state index is 7.77. The highest BCUT2D eigenvalue weighted by Gasteiger charge is 2.26. The predicted molar refractivity (Wildman–Crippen MR) is 50.5 cm³/mol. The average molecular weight is 166 g/mol. The van der Waals surface area contributed by atoms with Gasteiger partial charge in [-0.25, -0.2) is 0 Å². The van der Waals surface area contributed by atoms with Gasteiger partial charge in [-0.05, 0) is 19.3 Å². The quantitative estimate of drug-likeness (QED) is 0.636. The van der Waals surface area contributed by atoms with Crippen LogP contribution in [0.5, 0.6) is 0 Å². The first-order valence-corrected chi connectivity index (χ1v) is 5.22. The Morgan fingerprint density at radius 3 is 2.42 bits per heavy atom. The van der Waals surface area contributed by atoms with Crippen molar-refractivity contribution < 1.29 is 0 Å². The lowest BCUT2D eigenvalue weighted by molar-refractivity contribution is 0.257. The lowest BCUT2D eigenvalue weighted by Gasteiger charge is -2.32. The average Bonchev–Trinajstić information content (AvgIpc) is 2.53. The molecule has 0 amide bonds. The van der Waals surface area contributed by atoms with E-state index in [0.717, 1.165) is 24.8 Å². The van der Waals surface area contributed by atoms with Crippen LogP contribution < -0.4 is 0 Å². The Hall–Kier alpha value is -0.530. The van der Waals surface area contributed by atoms with E-state index in [1.807, 2.05) is 0 Å². The van der Waals surface area contributed by atoms with Gasteiger partial charge in [0, 0.05) is 19.0 Å². The fraction of sp³-hybridized carbons (Fsp3) is 0.900. The maximum atomic E-state index is 7.77. The van der Waals surface area contributed by atoms with Crippen LogP contribution in [0.4, 0.5) is 0 Å². The van der Waals surface area contributed by atoms with Crippen LogP contribution in [0.1, 0.15) is 44.9 Å². The molecular weight excluding hydrogens is 148 g/mol. The molecule has 2 heteroatoms. The molecule has 0 radical (unpaired) electrons. The number of hydrogen-bond acceptors (Lipinski definition) is 1. The summed E-state index contributed by atoms with van der Waals surface area (Å²) >= 11 is 0. The van der Waals surface area contributed by atoms with E-state index in [9.17, 15) is 0 Å². The molecule has 0 aromatic carbocycles. The minimum Gasteiger partial charge on any atom is -0.358 e. The van der Waals surface area contributed by atoms with Crippen LogP contribution in [0.3, 0.4) is 0 Å². The largest absolute Gasteiger partial charge is 0.358 e. The zero-order valence-electron chi connectivity index (χ0n) is 7.68. The highest BCUT2D eigenvalue weighted by molar-refractivity contribution is 5.81. The smallest absolute Gasteiger partial charge is 0.0960 e. The third-order valence-corrected chi connectivity index (χ3v) is 3.17. The van der Waals surface area contributed by atoms with Gasteiger partial charge in [0.25, 0.3) is 0 Å². The van der Waals surface area contributed by atoms with Crippen molar-refractivity contribution in [3.63, 3.8) is 0 Å². The van der Waals surface area contributed by atoms with Crippen molar-refractivity contribution in [3.8, 4) is 0 Å². The number of nitrogens with one attached hydrogen (secondary N) is 1. The molecule has 1 saturated carbocycles. The molecule has 2 aliphatic rings. The summed E-state index contributed by atoms with van der Waals surface area (Å²) in [6.45, 7) is 1.16. The molecule has 1 aliphatic carbocycles. The first-order valence-electron chi connectivity index (χ1n) is 5.22. The van der Waals surface area contributed by atoms with Crippen molar-refractivity contribution in [2.24, 2.45) is 0 Å². The molecule has 0 aromatic heterocycles. The standard InChI is InChI=1S/C10H18N2/c11-10-7-4-8-12(10)9-5-2-1-3-6-9/h9,11H,1-8H2. The maximum Gasteiger partial charge on any atom is 0.0960 e. The van der Waals surface area contributed by atoms with Gasteiger partial charge in [0.15, 0.2) is 0 Å². The van der Waals surface area contributed by atoms with Gasteiger partial charge in [-0.3, -0.25) is 5.41 Å². The van der Waals surface area contributed by atoms with Crippen molar-refractivity contribution in [2.45, 2.75) is 51.0 Å². The topological polar surface area (TPSA) is 27.1 Å². The summed E-state index contributed by atoms with van der Waals surface area (Å²) in [7, 11) is 0. The fourth-order valence-electron chi connectivity index (χ4n) is 2.49. The second-order valence-electron chi connectivity index (χ2n) is 4.04. The number of amidine groups is 1. The first-order chi connectivity index (χ1) is 5.88. The van der Waals surface area contributed by atoms with Gasteiger partial charge in [-0.2, -0.15) is 0 Å². The molecule has 0 unspecified atom stereocenters. The summed E-state index contributed by atoms with van der Waals surface area (Å²) in [5.41, 5.74) is 0. The van der Waals surface area contributed by atoms with Gasteiger partial charge in [-0.1, -0.05) is 19.3 Å². The number of nitrogens with zero attached hydrogens (tertiary/aromatic N) is 1. The molecule has 0 atom stereocenters. The third kappa shape index (κ3) is 1.47. The summed E-state index contributed by atoms with van der Waals surface area (Å²) < 4.78 is 0. The Bertz CT molecular complexity index is 171. The van der Waals surface area contributed by atoms with Crippen LogP contribution >= 0.6 is 0 Å². The van der Waals surface area contributed by atoms with Crippen molar-refractivity contribution in [2.75, 3.05) is 6.54 Å². The summed E-state index contributed by atoms with van der Waals surface area (Å²) in [6, 6.07) is 0.730. The van der Waals surface area contributed by atoms with Crippen LogP contribution in [0, 0.1) is 5.41 Å². The van der Waals surface area contributed by atoms with Gasteiger partial charge >= 0.3 is 0 Å². The highest BCUT2D eigenvalue weighted by atomic mass is 15.2. The Labute approximate surface area is 74.5 Å². The van der Waals surface area contributed by atoms with E-state index in [1.165, 1.54) is 38.5 Å². The second-order valence-corrected chi connectivity index (χ2v) is 4.04. The van der Waals surface area contributed by atoms with Crippen molar-refractivity contribution >= 4 is 5.84 Å². The van der Waals surface area contributed by atoms with Crippen LogP contribution in [-0.2, 0) is 0 Å². The Morgan fingerprint density at radius 1 is 1.08 bits per heavy atom. The van der Waals surface area contributed by atoms with E-state index < -0.39 is 0 Å². The number of rotatable bonds is 1. The van der Waals surface area contributed by atoms with Crippen molar-refractivity contribution in [1.82, 2.24) is 4.90 Å². The SMILES string of the molecule is N=C1CCCN1C1CCCCC1. The molecule has 0 aromatic rings. The molecule has 0 spiro atoms. The summed E-state index contributed by atoms with van der Waals surface area (Å²) in [5, 5.41) is 7.77. The Balaban J connectivity index is 1.93. The molecule has 12 heavy (non-hydrogen) atoms. The zero-order chi connectivity index (χ0) is 8.39. The first kappa shape index (κ1) is 8.09. The second kappa shape index (κ2) is 3.46. The highest BCUT2D eigenvalue weighted by Crippen LogP contribution is 2.26. The summed E-state index contributed by atoms with van der Waals surface area (Å²) in [5.74, 6) is 0.905. The molecular formula is C10H18N2. The van der Waals surface area contributed by atoms with Crippen LogP contribution in [-0.4, -0.2) is 23.3 Å². The molecule has 1 heterocycles. The predicted octanol–water partition coefficient (Wildman–Crippen LogP) is 2.39. The van der Waals surface area contributed by atoms with E-state index in [2.05, 4.69) is 4.90 Å². The lowest BCUT2D eigenvalue weighted by atomic mass is 9.94. The molecule has 1 aliphatic heterocycles. The van der Waals surface area contributed by atoms with Crippen molar-refractivity contribution in [3.05, 3.63) is 0 Å². The van der Waals surface area contributed by atoms with Gasteiger partial charge in [0.2, 0.25) is 0 Å². The normalized spacial score (nSPS) is 26.7. The molecule has 1 saturated heterocycles. The summed E-state index contributed by atoms with van der Waals surface area (Å²) in [4.78, 5) is 2.35. The minimum atomic E-state index is 0.730. The zero-order valence-corrected chi connectivity index (χ0v) is 7.68. The van der Waals surface area contributed by atoms with Crippen molar-refractivity contribution in [1.29, 1.82) is 5.41 Å². The Kier molecular flexibility index (Phi) is 2.33. The van der Waals surface area contributed by atoms with Crippen LogP contribution in [0.2, 0.25) is 0 Å². The van der Waals surface area contributed by atoms with Gasteiger partial charge in [-0.15, -0.1) is 0 Å². The van der Waals surface area contributed by atoms with Gasteiger partial charge in [0.05, 0.1) is 5.84 Å². The number of likely N-dealkylation sites (tertiary alicyclic amines) is 1. The van der Waals surface area contributed by atoms with Gasteiger partial charge in [0.1, 0.15) is 0 Å². The molecule has 1 N–H and O–H groups in total. The van der Waals surface area contributed by atoms with E-state index in [0.29, 0.717) is 0 Å². The number of hydrogen-bond donors (Lipinski definition) is 1. The summed E-state index contributed by atoms with van der Waals surface area (Å²) in [6.07, 6.45) is 9.09. The molecule has 0 bridgehead atoms. The van der Waals surface area contributed by atoms with Crippen LogP contribution in [0.25, 0.3) is 0 Å². The Morgan fingerprint density at radius 2 is 1.83 bits per heavy atom. The molecule has 68 valence electrons. The molecule has 2 rings (SSSR count). The van der Waals surface area contributed by atoms with Gasteiger partial charge < -0.3 is 4.90 Å². The lowest BCUT2D eigenvalue weighted by Crippen LogP contribution is -2.37.